The highest BCUT2D eigenvalue weighted by molar-refractivity contribution is 5.97. The average Bonchev–Trinajstić information content (AvgIpc) is 2.77. The third-order valence-electron chi connectivity index (χ3n) is 5.14. The van der Waals surface area contributed by atoms with Crippen molar-refractivity contribution < 1.29 is 14.3 Å². The van der Waals surface area contributed by atoms with Crippen molar-refractivity contribution >= 4 is 28.2 Å². The zero-order valence-electron chi connectivity index (χ0n) is 17.4. The van der Waals surface area contributed by atoms with E-state index in [1.165, 1.54) is 0 Å². The second-order valence-corrected chi connectivity index (χ2v) is 7.42. The van der Waals surface area contributed by atoms with Gasteiger partial charge in [-0.1, -0.05) is 12.1 Å². The number of amides is 1. The lowest BCUT2D eigenvalue weighted by molar-refractivity contribution is -0.121. The standard InChI is InChI=1S/C24H24N4O3/c1-16-12-20-18-13-22(16)31-11-5-9-26-23(29)8-4-10-30-21-7-3-2-6-19(21)28-24(18)17(14-25)15-27-20/h2-3,6-7,12-13,15,28H,4-5,8-11H2,1H3,(H,26,29). The van der Waals surface area contributed by atoms with E-state index >= 15 is 0 Å². The summed E-state index contributed by atoms with van der Waals surface area (Å²) in [4.78, 5) is 16.5. The van der Waals surface area contributed by atoms with E-state index < -0.39 is 0 Å². The average molecular weight is 416 g/mol. The van der Waals surface area contributed by atoms with E-state index in [2.05, 4.69) is 21.7 Å². The molecule has 4 rings (SSSR count). The molecule has 0 radical (unpaired) electrons. The molecule has 0 aliphatic carbocycles. The predicted octanol–water partition coefficient (Wildman–Crippen LogP) is 4.22. The van der Waals surface area contributed by atoms with Gasteiger partial charge in [0.05, 0.1) is 35.7 Å². The number of nitriles is 1. The summed E-state index contributed by atoms with van der Waals surface area (Å²) in [6.07, 6.45) is 3.29. The molecule has 1 aliphatic rings. The molecule has 0 atom stereocenters. The number of anilines is 2. The zero-order chi connectivity index (χ0) is 21.6. The van der Waals surface area contributed by atoms with Crippen molar-refractivity contribution in [2.75, 3.05) is 25.1 Å². The normalized spacial score (nSPS) is 14.9. The Labute approximate surface area is 181 Å². The number of ether oxygens (including phenoxy) is 2. The minimum atomic E-state index is 0.00840. The van der Waals surface area contributed by atoms with Crippen LogP contribution in [0.3, 0.4) is 0 Å². The van der Waals surface area contributed by atoms with E-state index in [-0.39, 0.29) is 5.91 Å². The maximum atomic E-state index is 12.0. The van der Waals surface area contributed by atoms with E-state index in [1.807, 2.05) is 43.3 Å². The van der Waals surface area contributed by atoms with Crippen molar-refractivity contribution in [2.24, 2.45) is 0 Å². The highest BCUT2D eigenvalue weighted by Crippen LogP contribution is 2.36. The van der Waals surface area contributed by atoms with Crippen LogP contribution in [-0.2, 0) is 4.79 Å². The number of aryl methyl sites for hydroxylation is 1. The molecule has 2 heterocycles. The van der Waals surface area contributed by atoms with Crippen molar-refractivity contribution in [3.63, 3.8) is 0 Å². The van der Waals surface area contributed by atoms with Crippen LogP contribution in [0.2, 0.25) is 0 Å². The number of aromatic nitrogens is 1. The number of hydrogen-bond donors (Lipinski definition) is 2. The van der Waals surface area contributed by atoms with E-state index in [0.29, 0.717) is 56.0 Å². The smallest absolute Gasteiger partial charge is 0.220 e. The molecule has 0 saturated heterocycles. The summed E-state index contributed by atoms with van der Waals surface area (Å²) in [5.74, 6) is 1.39. The van der Waals surface area contributed by atoms with Crippen LogP contribution in [0.5, 0.6) is 11.5 Å². The van der Waals surface area contributed by atoms with Crippen LogP contribution in [0.4, 0.5) is 11.4 Å². The highest BCUT2D eigenvalue weighted by Gasteiger charge is 2.15. The molecule has 0 unspecified atom stereocenters. The van der Waals surface area contributed by atoms with Crippen LogP contribution in [0.25, 0.3) is 10.9 Å². The Morgan fingerprint density at radius 2 is 1.90 bits per heavy atom. The molecular weight excluding hydrogens is 392 g/mol. The quantitative estimate of drug-likeness (QED) is 0.570. The number of fused-ring (bicyclic) bond motifs is 2. The van der Waals surface area contributed by atoms with Gasteiger partial charge in [-0.3, -0.25) is 9.78 Å². The summed E-state index contributed by atoms with van der Waals surface area (Å²) in [7, 11) is 0. The minimum Gasteiger partial charge on any atom is -0.493 e. The summed E-state index contributed by atoms with van der Waals surface area (Å²) >= 11 is 0. The second-order valence-electron chi connectivity index (χ2n) is 7.42. The molecule has 0 fully saturated rings. The Hall–Kier alpha value is -3.79. The molecule has 1 aromatic heterocycles. The van der Waals surface area contributed by atoms with Gasteiger partial charge in [-0.05, 0) is 49.6 Å². The molecule has 0 saturated carbocycles. The van der Waals surface area contributed by atoms with Gasteiger partial charge in [0, 0.05) is 24.5 Å². The van der Waals surface area contributed by atoms with Gasteiger partial charge >= 0.3 is 0 Å². The van der Waals surface area contributed by atoms with Crippen molar-refractivity contribution in [1.29, 1.82) is 5.26 Å². The Morgan fingerprint density at radius 3 is 2.77 bits per heavy atom. The first-order valence-corrected chi connectivity index (χ1v) is 10.4. The van der Waals surface area contributed by atoms with Crippen LogP contribution >= 0.6 is 0 Å². The lowest BCUT2D eigenvalue weighted by Crippen LogP contribution is -2.25. The number of benzene rings is 2. The summed E-state index contributed by atoms with van der Waals surface area (Å²) in [5.41, 5.74) is 3.57. The molecular formula is C24H24N4O3. The molecule has 1 aliphatic heterocycles. The topological polar surface area (TPSA) is 96.3 Å². The first-order chi connectivity index (χ1) is 15.2. The fourth-order valence-corrected chi connectivity index (χ4v) is 3.51. The number of carbonyl (C=O) groups is 1. The molecule has 2 bridgehead atoms. The predicted molar refractivity (Wildman–Crippen MR) is 119 cm³/mol. The van der Waals surface area contributed by atoms with E-state index in [1.54, 1.807) is 6.20 Å². The van der Waals surface area contributed by atoms with Crippen molar-refractivity contribution in [2.45, 2.75) is 26.2 Å². The SMILES string of the molecule is Cc1cc2ncc(C#N)c3c2cc1OCCCNC(=O)CCCOc1ccccc1N3. The zero-order valence-corrected chi connectivity index (χ0v) is 17.4. The van der Waals surface area contributed by atoms with Gasteiger partial charge in [0.25, 0.3) is 0 Å². The lowest BCUT2D eigenvalue weighted by atomic mass is 10.1. The van der Waals surface area contributed by atoms with Gasteiger partial charge in [-0.25, -0.2) is 0 Å². The van der Waals surface area contributed by atoms with Crippen molar-refractivity contribution in [3.8, 4) is 17.6 Å². The maximum Gasteiger partial charge on any atom is 0.220 e. The van der Waals surface area contributed by atoms with Crippen LogP contribution in [0.1, 0.15) is 30.4 Å². The molecule has 3 aromatic rings. The first-order valence-electron chi connectivity index (χ1n) is 10.4. The number of carbonyl (C=O) groups excluding carboxylic acids is 1. The molecule has 2 N–H and O–H groups in total. The summed E-state index contributed by atoms with van der Waals surface area (Å²) < 4.78 is 11.9. The summed E-state index contributed by atoms with van der Waals surface area (Å²) in [6.45, 7) is 3.42. The number of pyridine rings is 1. The minimum absolute atomic E-state index is 0.00840. The van der Waals surface area contributed by atoms with Gasteiger partial charge in [0.1, 0.15) is 17.6 Å². The molecule has 158 valence electrons. The molecule has 2 aromatic carbocycles. The molecule has 1 amide bonds. The largest absolute Gasteiger partial charge is 0.493 e. The van der Waals surface area contributed by atoms with Crippen LogP contribution in [0.15, 0.2) is 42.6 Å². The monoisotopic (exact) mass is 416 g/mol. The Balaban J connectivity index is 1.79. The molecule has 7 heteroatoms. The van der Waals surface area contributed by atoms with Crippen LogP contribution in [0, 0.1) is 18.3 Å². The molecule has 0 spiro atoms. The number of nitrogens with one attached hydrogen (secondary N) is 2. The van der Waals surface area contributed by atoms with Crippen LogP contribution in [-0.4, -0.2) is 30.6 Å². The Morgan fingerprint density at radius 1 is 1.10 bits per heavy atom. The lowest BCUT2D eigenvalue weighted by Gasteiger charge is -2.17. The third-order valence-corrected chi connectivity index (χ3v) is 5.14. The molecule has 31 heavy (non-hydrogen) atoms. The van der Waals surface area contributed by atoms with Gasteiger partial charge in [-0.2, -0.15) is 5.26 Å². The summed E-state index contributed by atoms with van der Waals surface area (Å²) in [6, 6.07) is 13.7. The van der Waals surface area contributed by atoms with E-state index in [4.69, 9.17) is 9.47 Å². The summed E-state index contributed by atoms with van der Waals surface area (Å²) in [5, 5.41) is 16.8. The van der Waals surface area contributed by atoms with Gasteiger partial charge in [0.2, 0.25) is 5.91 Å². The fraction of sp³-hybridized carbons (Fsp3) is 0.292. The first kappa shape index (κ1) is 20.5. The van der Waals surface area contributed by atoms with Crippen molar-refractivity contribution in [1.82, 2.24) is 10.3 Å². The Kier molecular flexibility index (Phi) is 6.18. The van der Waals surface area contributed by atoms with Gasteiger partial charge in [-0.15, -0.1) is 0 Å². The number of para-hydroxylation sites is 2. The maximum absolute atomic E-state index is 12.0. The number of rotatable bonds is 0. The number of nitrogens with zero attached hydrogens (tertiary/aromatic N) is 2. The number of hydrogen-bond acceptors (Lipinski definition) is 6. The highest BCUT2D eigenvalue weighted by atomic mass is 16.5. The fourth-order valence-electron chi connectivity index (χ4n) is 3.51. The van der Waals surface area contributed by atoms with Crippen LogP contribution < -0.4 is 20.1 Å². The van der Waals surface area contributed by atoms with Crippen molar-refractivity contribution in [3.05, 3.63) is 53.7 Å². The second kappa shape index (κ2) is 9.35. The Bertz CT molecular complexity index is 1150. The van der Waals surface area contributed by atoms with E-state index in [0.717, 1.165) is 27.9 Å². The van der Waals surface area contributed by atoms with Gasteiger partial charge in [0.15, 0.2) is 0 Å². The molecule has 7 nitrogen and oxygen atoms in total. The van der Waals surface area contributed by atoms with E-state index in [9.17, 15) is 10.1 Å². The van der Waals surface area contributed by atoms with Gasteiger partial charge < -0.3 is 20.1 Å². The third kappa shape index (κ3) is 4.69.